The maximum absolute atomic E-state index is 5.50. The van der Waals surface area contributed by atoms with Crippen molar-refractivity contribution in [1.29, 1.82) is 0 Å². The predicted molar refractivity (Wildman–Crippen MR) is 93.9 cm³/mol. The maximum atomic E-state index is 5.50. The summed E-state index contributed by atoms with van der Waals surface area (Å²) in [4.78, 5) is 6.91. The van der Waals surface area contributed by atoms with Crippen LogP contribution in [0.3, 0.4) is 0 Å². The summed E-state index contributed by atoms with van der Waals surface area (Å²) in [5, 5.41) is 3.44. The minimum atomic E-state index is 0.475. The topological polar surface area (TPSA) is 46.1 Å². The SMILES string of the molecule is CN=C(NCCOCCOC)N1CCSC2(CCCCC2)C1. The molecule has 2 fully saturated rings. The number of hydrogen-bond acceptors (Lipinski definition) is 4. The molecule has 2 aliphatic rings. The highest BCUT2D eigenvalue weighted by molar-refractivity contribution is 8.00. The van der Waals surface area contributed by atoms with E-state index in [-0.39, 0.29) is 0 Å². The second-order valence-corrected chi connectivity index (χ2v) is 7.66. The van der Waals surface area contributed by atoms with Crippen molar-refractivity contribution in [3.63, 3.8) is 0 Å². The molecule has 0 radical (unpaired) electrons. The number of ether oxygens (including phenoxy) is 2. The summed E-state index contributed by atoms with van der Waals surface area (Å²) in [5.74, 6) is 2.24. The van der Waals surface area contributed by atoms with Gasteiger partial charge in [0.05, 0.1) is 19.8 Å². The molecule has 1 aliphatic heterocycles. The van der Waals surface area contributed by atoms with E-state index in [1.807, 2.05) is 7.05 Å². The highest BCUT2D eigenvalue weighted by Gasteiger charge is 2.38. The molecule has 1 spiro atoms. The molecule has 0 atom stereocenters. The Morgan fingerprint density at radius 2 is 2.05 bits per heavy atom. The van der Waals surface area contributed by atoms with Gasteiger partial charge in [-0.25, -0.2) is 0 Å². The summed E-state index contributed by atoms with van der Waals surface area (Å²) in [6.07, 6.45) is 6.92. The molecule has 0 unspecified atom stereocenters. The Morgan fingerprint density at radius 1 is 1.23 bits per heavy atom. The van der Waals surface area contributed by atoms with Crippen molar-refractivity contribution in [3.8, 4) is 0 Å². The fourth-order valence-corrected chi connectivity index (χ4v) is 4.90. The van der Waals surface area contributed by atoms with E-state index in [1.54, 1.807) is 7.11 Å². The van der Waals surface area contributed by atoms with Gasteiger partial charge in [0.1, 0.15) is 0 Å². The molecule has 2 rings (SSSR count). The Kier molecular flexibility index (Phi) is 7.83. The van der Waals surface area contributed by atoms with Gasteiger partial charge < -0.3 is 19.7 Å². The fourth-order valence-electron chi connectivity index (χ4n) is 3.34. The molecule has 0 aromatic heterocycles. The molecule has 1 saturated carbocycles. The third-order valence-corrected chi connectivity index (χ3v) is 6.02. The third kappa shape index (κ3) is 5.32. The van der Waals surface area contributed by atoms with Crippen LogP contribution in [0.25, 0.3) is 0 Å². The zero-order valence-corrected chi connectivity index (χ0v) is 14.9. The third-order valence-electron chi connectivity index (χ3n) is 4.49. The van der Waals surface area contributed by atoms with Crippen molar-refractivity contribution in [3.05, 3.63) is 0 Å². The number of aliphatic imine (C=N–C) groups is 1. The molecule has 0 aromatic rings. The summed E-state index contributed by atoms with van der Waals surface area (Å²) < 4.78 is 10.9. The Morgan fingerprint density at radius 3 is 2.77 bits per heavy atom. The molecule has 5 nitrogen and oxygen atoms in total. The number of methoxy groups -OCH3 is 1. The summed E-state index contributed by atoms with van der Waals surface area (Å²) in [5.41, 5.74) is 0. The number of hydrogen-bond donors (Lipinski definition) is 1. The van der Waals surface area contributed by atoms with Gasteiger partial charge in [0, 0.05) is 44.3 Å². The van der Waals surface area contributed by atoms with Crippen molar-refractivity contribution < 1.29 is 9.47 Å². The zero-order chi connectivity index (χ0) is 15.7. The van der Waals surface area contributed by atoms with E-state index in [9.17, 15) is 0 Å². The normalized spacial score (nSPS) is 22.1. The van der Waals surface area contributed by atoms with Crippen molar-refractivity contribution in [2.45, 2.75) is 36.9 Å². The maximum Gasteiger partial charge on any atom is 0.193 e. The molecule has 22 heavy (non-hydrogen) atoms. The van der Waals surface area contributed by atoms with E-state index >= 15 is 0 Å². The van der Waals surface area contributed by atoms with Crippen LogP contribution in [0.4, 0.5) is 0 Å². The highest BCUT2D eigenvalue weighted by Crippen LogP contribution is 2.42. The lowest BCUT2D eigenvalue weighted by molar-refractivity contribution is 0.0731. The molecular formula is C16H31N3O2S. The van der Waals surface area contributed by atoms with E-state index in [2.05, 4.69) is 27.0 Å². The van der Waals surface area contributed by atoms with E-state index in [0.717, 1.165) is 25.6 Å². The summed E-state index contributed by atoms with van der Waals surface area (Å²) >= 11 is 2.19. The van der Waals surface area contributed by atoms with Crippen molar-refractivity contribution in [2.75, 3.05) is 59.4 Å². The molecule has 0 aromatic carbocycles. The van der Waals surface area contributed by atoms with Gasteiger partial charge in [-0.05, 0) is 12.8 Å². The van der Waals surface area contributed by atoms with Gasteiger partial charge in [0.25, 0.3) is 0 Å². The first-order valence-corrected chi connectivity index (χ1v) is 9.44. The smallest absolute Gasteiger partial charge is 0.193 e. The van der Waals surface area contributed by atoms with Crippen LogP contribution in [0.15, 0.2) is 4.99 Å². The standard InChI is InChI=1S/C16H31N3O2S/c1-17-15(18-8-10-21-12-11-20-2)19-9-13-22-16(14-19)6-4-3-5-7-16/h3-14H2,1-2H3,(H,17,18). The molecular weight excluding hydrogens is 298 g/mol. The van der Waals surface area contributed by atoms with Gasteiger partial charge in [-0.1, -0.05) is 19.3 Å². The van der Waals surface area contributed by atoms with E-state index < -0.39 is 0 Å². The summed E-state index contributed by atoms with van der Waals surface area (Å²) in [6, 6.07) is 0. The fraction of sp³-hybridized carbons (Fsp3) is 0.938. The first kappa shape index (κ1) is 17.9. The van der Waals surface area contributed by atoms with E-state index in [0.29, 0.717) is 24.6 Å². The molecule has 0 bridgehead atoms. The van der Waals surface area contributed by atoms with E-state index in [1.165, 1.54) is 37.9 Å². The lowest BCUT2D eigenvalue weighted by Gasteiger charge is -2.45. The van der Waals surface area contributed by atoms with Crippen LogP contribution >= 0.6 is 11.8 Å². The number of nitrogens with one attached hydrogen (secondary N) is 1. The Hall–Kier alpha value is -0.460. The highest BCUT2D eigenvalue weighted by atomic mass is 32.2. The van der Waals surface area contributed by atoms with Gasteiger partial charge in [-0.2, -0.15) is 11.8 Å². The number of rotatable bonds is 6. The van der Waals surface area contributed by atoms with Crippen LogP contribution in [0.5, 0.6) is 0 Å². The molecule has 1 saturated heterocycles. The predicted octanol–water partition coefficient (Wildman–Crippen LogP) is 1.98. The lowest BCUT2D eigenvalue weighted by atomic mass is 9.87. The van der Waals surface area contributed by atoms with Crippen LogP contribution in [0, 0.1) is 0 Å². The number of nitrogens with zero attached hydrogens (tertiary/aromatic N) is 2. The van der Waals surface area contributed by atoms with Crippen molar-refractivity contribution >= 4 is 17.7 Å². The number of thioether (sulfide) groups is 1. The minimum Gasteiger partial charge on any atom is -0.382 e. The molecule has 1 heterocycles. The zero-order valence-electron chi connectivity index (χ0n) is 14.1. The average Bonchev–Trinajstić information content (AvgIpc) is 2.55. The van der Waals surface area contributed by atoms with Gasteiger partial charge in [0.15, 0.2) is 5.96 Å². The minimum absolute atomic E-state index is 0.475. The van der Waals surface area contributed by atoms with E-state index in [4.69, 9.17) is 9.47 Å². The van der Waals surface area contributed by atoms with Crippen LogP contribution in [-0.4, -0.2) is 75.0 Å². The molecule has 128 valence electrons. The quantitative estimate of drug-likeness (QED) is 0.459. The average molecular weight is 330 g/mol. The lowest BCUT2D eigenvalue weighted by Crippen LogP contribution is -2.53. The second-order valence-electron chi connectivity index (χ2n) is 6.09. The molecule has 1 aliphatic carbocycles. The largest absolute Gasteiger partial charge is 0.382 e. The van der Waals surface area contributed by atoms with Crippen LogP contribution in [0.2, 0.25) is 0 Å². The monoisotopic (exact) mass is 329 g/mol. The van der Waals surface area contributed by atoms with Gasteiger partial charge >= 0.3 is 0 Å². The summed E-state index contributed by atoms with van der Waals surface area (Å²) in [6.45, 7) is 5.03. The van der Waals surface area contributed by atoms with Crippen molar-refractivity contribution in [1.82, 2.24) is 10.2 Å². The van der Waals surface area contributed by atoms with Crippen LogP contribution < -0.4 is 5.32 Å². The molecule has 0 amide bonds. The Balaban J connectivity index is 1.75. The first-order chi connectivity index (χ1) is 10.8. The van der Waals surface area contributed by atoms with Gasteiger partial charge in [0.2, 0.25) is 0 Å². The van der Waals surface area contributed by atoms with Crippen LogP contribution in [0.1, 0.15) is 32.1 Å². The molecule has 6 heteroatoms. The summed E-state index contributed by atoms with van der Waals surface area (Å²) in [7, 11) is 3.57. The van der Waals surface area contributed by atoms with Gasteiger partial charge in [-0.15, -0.1) is 0 Å². The Bertz CT molecular complexity index is 341. The second kappa shape index (κ2) is 9.63. The van der Waals surface area contributed by atoms with Crippen molar-refractivity contribution in [2.24, 2.45) is 4.99 Å². The van der Waals surface area contributed by atoms with Gasteiger partial charge in [-0.3, -0.25) is 4.99 Å². The molecule has 1 N–H and O–H groups in total. The number of guanidine groups is 1. The first-order valence-electron chi connectivity index (χ1n) is 8.46. The Labute approximate surface area is 139 Å². The van der Waals surface area contributed by atoms with Crippen LogP contribution in [-0.2, 0) is 9.47 Å².